The minimum atomic E-state index is -3.49. The van der Waals surface area contributed by atoms with Gasteiger partial charge in [-0.2, -0.15) is 4.31 Å². The molecule has 0 radical (unpaired) electrons. The molecule has 0 N–H and O–H groups in total. The van der Waals surface area contributed by atoms with Crippen molar-refractivity contribution in [2.45, 2.75) is 38.8 Å². The van der Waals surface area contributed by atoms with Crippen LogP contribution in [0.2, 0.25) is 0 Å². The Balaban J connectivity index is 1.96. The van der Waals surface area contributed by atoms with E-state index in [4.69, 9.17) is 0 Å². The van der Waals surface area contributed by atoms with Gasteiger partial charge in [0, 0.05) is 13.1 Å². The average molecular weight is 306 g/mol. The van der Waals surface area contributed by atoms with Crippen molar-refractivity contribution >= 4 is 10.0 Å². The van der Waals surface area contributed by atoms with Crippen molar-refractivity contribution in [1.29, 1.82) is 0 Å². The molecule has 6 nitrogen and oxygen atoms in total. The summed E-state index contributed by atoms with van der Waals surface area (Å²) in [6.07, 6.45) is 0. The molecule has 0 saturated heterocycles. The summed E-state index contributed by atoms with van der Waals surface area (Å²) in [7, 11) is -3.49. The molecule has 2 heterocycles. The van der Waals surface area contributed by atoms with Crippen LogP contribution in [0.1, 0.15) is 22.8 Å². The summed E-state index contributed by atoms with van der Waals surface area (Å²) in [5.41, 5.74) is 1.83. The second-order valence-corrected chi connectivity index (χ2v) is 7.33. The van der Waals surface area contributed by atoms with Crippen molar-refractivity contribution in [1.82, 2.24) is 19.1 Å². The highest BCUT2D eigenvalue weighted by molar-refractivity contribution is 7.89. The maximum Gasteiger partial charge on any atom is 0.243 e. The Kier molecular flexibility index (Phi) is 3.33. The highest BCUT2D eigenvalue weighted by atomic mass is 32.2. The van der Waals surface area contributed by atoms with Crippen molar-refractivity contribution in [3.05, 3.63) is 41.0 Å². The summed E-state index contributed by atoms with van der Waals surface area (Å²) in [5.74, 6) is 1.53. The number of aryl methyl sites for hydroxylation is 3. The first-order chi connectivity index (χ1) is 9.89. The van der Waals surface area contributed by atoms with Gasteiger partial charge in [-0.05, 0) is 32.4 Å². The molecular formula is C14H18N4O2S. The smallest absolute Gasteiger partial charge is 0.243 e. The second kappa shape index (κ2) is 4.92. The minimum Gasteiger partial charge on any atom is -0.313 e. The van der Waals surface area contributed by atoms with Gasteiger partial charge in [-0.3, -0.25) is 0 Å². The van der Waals surface area contributed by atoms with Crippen LogP contribution in [-0.2, 0) is 23.1 Å². The van der Waals surface area contributed by atoms with Gasteiger partial charge < -0.3 is 4.57 Å². The number of sulfonamides is 1. The third-order valence-corrected chi connectivity index (χ3v) is 5.86. The van der Waals surface area contributed by atoms with Crippen LogP contribution in [-0.4, -0.2) is 34.0 Å². The van der Waals surface area contributed by atoms with Crippen molar-refractivity contribution in [2.75, 3.05) is 6.54 Å². The van der Waals surface area contributed by atoms with Crippen molar-refractivity contribution in [3.63, 3.8) is 0 Å². The zero-order valence-electron chi connectivity index (χ0n) is 12.4. The van der Waals surface area contributed by atoms with E-state index < -0.39 is 10.0 Å². The minimum absolute atomic E-state index is 0.274. The molecule has 0 spiro atoms. The summed E-state index contributed by atoms with van der Waals surface area (Å²) in [6.45, 7) is 6.98. The fraction of sp³-hybridized carbons (Fsp3) is 0.429. The Hall–Kier alpha value is -1.73. The monoisotopic (exact) mass is 306 g/mol. The Labute approximate surface area is 124 Å². The number of benzene rings is 1. The normalized spacial score (nSPS) is 16.0. The Morgan fingerprint density at radius 3 is 2.57 bits per heavy atom. The SMILES string of the molecule is Cc1ccc(S(=O)(=O)N2CCn3c(C)nnc3C2)c(C)c1. The lowest BCUT2D eigenvalue weighted by Crippen LogP contribution is -2.38. The molecule has 21 heavy (non-hydrogen) atoms. The lowest BCUT2D eigenvalue weighted by Gasteiger charge is -2.27. The van der Waals surface area contributed by atoms with Gasteiger partial charge in [-0.1, -0.05) is 17.7 Å². The summed E-state index contributed by atoms with van der Waals surface area (Å²) >= 11 is 0. The van der Waals surface area contributed by atoms with E-state index in [-0.39, 0.29) is 6.54 Å². The first kappa shape index (κ1) is 14.2. The summed E-state index contributed by atoms with van der Waals surface area (Å²) in [6, 6.07) is 5.41. The highest BCUT2D eigenvalue weighted by Crippen LogP contribution is 2.24. The molecule has 1 aromatic carbocycles. The zero-order valence-corrected chi connectivity index (χ0v) is 13.2. The Bertz CT molecular complexity index is 795. The van der Waals surface area contributed by atoms with Crippen molar-refractivity contribution < 1.29 is 8.42 Å². The van der Waals surface area contributed by atoms with Crippen molar-refractivity contribution in [3.8, 4) is 0 Å². The highest BCUT2D eigenvalue weighted by Gasteiger charge is 2.30. The topological polar surface area (TPSA) is 68.1 Å². The van der Waals surface area contributed by atoms with E-state index >= 15 is 0 Å². The summed E-state index contributed by atoms with van der Waals surface area (Å²) in [4.78, 5) is 0.373. The van der Waals surface area contributed by atoms with Gasteiger partial charge in [0.05, 0.1) is 11.4 Å². The molecule has 3 rings (SSSR count). The molecular weight excluding hydrogens is 288 g/mol. The predicted octanol–water partition coefficient (Wildman–Crippen LogP) is 1.41. The summed E-state index contributed by atoms with van der Waals surface area (Å²) < 4.78 is 29.1. The lowest BCUT2D eigenvalue weighted by molar-refractivity contribution is 0.333. The van der Waals surface area contributed by atoms with E-state index in [1.165, 1.54) is 4.31 Å². The van der Waals surface area contributed by atoms with Crippen LogP contribution >= 0.6 is 0 Å². The van der Waals surface area contributed by atoms with Crippen LogP contribution < -0.4 is 0 Å². The molecule has 0 aliphatic carbocycles. The van der Waals surface area contributed by atoms with E-state index in [1.807, 2.05) is 37.5 Å². The average Bonchev–Trinajstić information content (AvgIpc) is 2.79. The van der Waals surface area contributed by atoms with Gasteiger partial charge in [0.1, 0.15) is 11.6 Å². The molecule has 112 valence electrons. The van der Waals surface area contributed by atoms with E-state index in [0.29, 0.717) is 23.8 Å². The van der Waals surface area contributed by atoms with Crippen LogP contribution in [0.25, 0.3) is 0 Å². The Morgan fingerprint density at radius 1 is 1.10 bits per heavy atom. The molecule has 1 aliphatic rings. The molecule has 0 bridgehead atoms. The van der Waals surface area contributed by atoms with Gasteiger partial charge >= 0.3 is 0 Å². The van der Waals surface area contributed by atoms with Crippen LogP contribution in [0.15, 0.2) is 23.1 Å². The molecule has 7 heteroatoms. The molecule has 1 aliphatic heterocycles. The lowest BCUT2D eigenvalue weighted by atomic mass is 10.2. The zero-order chi connectivity index (χ0) is 15.2. The molecule has 0 unspecified atom stereocenters. The molecule has 0 saturated carbocycles. The molecule has 0 atom stereocenters. The number of hydrogen-bond acceptors (Lipinski definition) is 4. The maximum absolute atomic E-state index is 12.8. The van der Waals surface area contributed by atoms with Gasteiger partial charge in [-0.25, -0.2) is 8.42 Å². The quantitative estimate of drug-likeness (QED) is 0.841. The van der Waals surface area contributed by atoms with Gasteiger partial charge in [-0.15, -0.1) is 10.2 Å². The largest absolute Gasteiger partial charge is 0.313 e. The molecule has 1 aromatic heterocycles. The van der Waals surface area contributed by atoms with Crippen LogP contribution in [0, 0.1) is 20.8 Å². The van der Waals surface area contributed by atoms with E-state index in [9.17, 15) is 8.42 Å². The third-order valence-electron chi connectivity index (χ3n) is 3.85. The predicted molar refractivity (Wildman–Crippen MR) is 78.3 cm³/mol. The molecule has 0 amide bonds. The van der Waals surface area contributed by atoms with Crippen LogP contribution in [0.3, 0.4) is 0 Å². The van der Waals surface area contributed by atoms with Crippen LogP contribution in [0.4, 0.5) is 0 Å². The van der Waals surface area contributed by atoms with E-state index in [2.05, 4.69) is 10.2 Å². The standard InChI is InChI=1S/C14H18N4O2S/c1-10-4-5-13(11(2)8-10)21(19,20)17-6-7-18-12(3)15-16-14(18)9-17/h4-5,8H,6-7,9H2,1-3H3. The first-order valence-electron chi connectivity index (χ1n) is 6.85. The first-order valence-corrected chi connectivity index (χ1v) is 8.29. The van der Waals surface area contributed by atoms with E-state index in [0.717, 1.165) is 17.0 Å². The fourth-order valence-corrected chi connectivity index (χ4v) is 4.31. The van der Waals surface area contributed by atoms with E-state index in [1.54, 1.807) is 6.07 Å². The third kappa shape index (κ3) is 2.36. The second-order valence-electron chi connectivity index (χ2n) is 5.42. The maximum atomic E-state index is 12.8. The van der Waals surface area contributed by atoms with Crippen LogP contribution in [0.5, 0.6) is 0 Å². The van der Waals surface area contributed by atoms with Crippen molar-refractivity contribution in [2.24, 2.45) is 0 Å². The number of aromatic nitrogens is 3. The Morgan fingerprint density at radius 2 is 1.86 bits per heavy atom. The number of rotatable bonds is 2. The number of nitrogens with zero attached hydrogens (tertiary/aromatic N) is 4. The molecule has 2 aromatic rings. The fourth-order valence-electron chi connectivity index (χ4n) is 2.71. The van der Waals surface area contributed by atoms with Gasteiger partial charge in [0.15, 0.2) is 0 Å². The number of fused-ring (bicyclic) bond motifs is 1. The number of hydrogen-bond donors (Lipinski definition) is 0. The van der Waals surface area contributed by atoms with Gasteiger partial charge in [0.2, 0.25) is 10.0 Å². The summed E-state index contributed by atoms with van der Waals surface area (Å²) in [5, 5.41) is 8.07. The van der Waals surface area contributed by atoms with Gasteiger partial charge in [0.25, 0.3) is 0 Å². The molecule has 0 fully saturated rings.